The summed E-state index contributed by atoms with van der Waals surface area (Å²) in [7, 11) is 3.34. The summed E-state index contributed by atoms with van der Waals surface area (Å²) in [4.78, 5) is 15.7. The monoisotopic (exact) mass is 415 g/mol. The fraction of sp³-hybridized carbons (Fsp3) is 0.458. The zero-order valence-electron chi connectivity index (χ0n) is 17.2. The van der Waals surface area contributed by atoms with Gasteiger partial charge in [0.25, 0.3) is 0 Å². The van der Waals surface area contributed by atoms with Gasteiger partial charge in [0.15, 0.2) is 5.78 Å². The van der Waals surface area contributed by atoms with E-state index >= 15 is 0 Å². The number of carbonyl (C=O) groups excluding carboxylic acids is 1. The van der Waals surface area contributed by atoms with Crippen molar-refractivity contribution >= 4 is 18.2 Å². The molecular weight excluding hydrogens is 386 g/mol. The lowest BCUT2D eigenvalue weighted by molar-refractivity contribution is -0.0132. The van der Waals surface area contributed by atoms with Gasteiger partial charge in [-0.2, -0.15) is 0 Å². The molecule has 1 saturated heterocycles. The second-order valence-corrected chi connectivity index (χ2v) is 8.14. The highest BCUT2D eigenvalue weighted by Crippen LogP contribution is 2.40. The van der Waals surface area contributed by atoms with Crippen molar-refractivity contribution in [2.24, 2.45) is 5.92 Å². The van der Waals surface area contributed by atoms with E-state index < -0.39 is 5.60 Å². The van der Waals surface area contributed by atoms with Crippen LogP contribution < -0.4 is 4.74 Å². The molecule has 0 amide bonds. The number of fused-ring (bicyclic) bond motifs is 1. The molecule has 4 rings (SSSR count). The van der Waals surface area contributed by atoms with Gasteiger partial charge in [0.2, 0.25) is 0 Å². The number of methoxy groups -OCH3 is 2. The molecule has 1 fully saturated rings. The van der Waals surface area contributed by atoms with Crippen LogP contribution in [0, 0.1) is 5.92 Å². The molecule has 5 heteroatoms. The van der Waals surface area contributed by atoms with Gasteiger partial charge in [-0.05, 0) is 67.6 Å². The highest BCUT2D eigenvalue weighted by atomic mass is 35.5. The van der Waals surface area contributed by atoms with Gasteiger partial charge >= 0.3 is 0 Å². The Morgan fingerprint density at radius 1 is 1.07 bits per heavy atom. The van der Waals surface area contributed by atoms with E-state index in [9.17, 15) is 4.79 Å². The predicted molar refractivity (Wildman–Crippen MR) is 117 cm³/mol. The molecule has 1 aliphatic heterocycles. The van der Waals surface area contributed by atoms with Gasteiger partial charge in [-0.25, -0.2) is 0 Å². The van der Waals surface area contributed by atoms with Gasteiger partial charge in [0.1, 0.15) is 11.4 Å². The minimum atomic E-state index is -0.707. The van der Waals surface area contributed by atoms with Crippen LogP contribution in [0.3, 0.4) is 0 Å². The molecule has 2 aliphatic rings. The van der Waals surface area contributed by atoms with E-state index in [0.717, 1.165) is 55.8 Å². The third-order valence-corrected chi connectivity index (χ3v) is 6.41. The summed E-state index contributed by atoms with van der Waals surface area (Å²) in [6.45, 7) is 3.16. The van der Waals surface area contributed by atoms with Crippen LogP contribution in [0.2, 0.25) is 0 Å². The van der Waals surface area contributed by atoms with Crippen LogP contribution >= 0.6 is 12.4 Å². The molecule has 1 atom stereocenters. The van der Waals surface area contributed by atoms with Crippen LogP contribution in [0.5, 0.6) is 5.75 Å². The van der Waals surface area contributed by atoms with Gasteiger partial charge in [-0.15, -0.1) is 12.4 Å². The highest BCUT2D eigenvalue weighted by molar-refractivity contribution is 6.07. The van der Waals surface area contributed by atoms with E-state index in [1.54, 1.807) is 14.2 Å². The first-order valence-corrected chi connectivity index (χ1v) is 10.2. The number of nitrogens with zero attached hydrogens (tertiary/aromatic N) is 1. The second-order valence-electron chi connectivity index (χ2n) is 8.14. The summed E-state index contributed by atoms with van der Waals surface area (Å²) in [5.74, 6) is 1.46. The molecule has 1 aliphatic carbocycles. The number of hydrogen-bond acceptors (Lipinski definition) is 4. The lowest BCUT2D eigenvalue weighted by Gasteiger charge is -2.36. The molecule has 0 bridgehead atoms. The lowest BCUT2D eigenvalue weighted by atomic mass is 9.82. The molecule has 0 aromatic heterocycles. The SMILES string of the molecule is COc1ccc2c(c1)CC(CC1CCN(Cc3ccccc3)CC1)(OC)C2=O.Cl. The normalized spacial score (nSPS) is 22.2. The van der Waals surface area contributed by atoms with E-state index in [2.05, 4.69) is 35.2 Å². The molecule has 2 aromatic rings. The number of hydrogen-bond donors (Lipinski definition) is 0. The Morgan fingerprint density at radius 3 is 2.45 bits per heavy atom. The van der Waals surface area contributed by atoms with Crippen molar-refractivity contribution in [3.8, 4) is 5.75 Å². The largest absolute Gasteiger partial charge is 0.497 e. The molecule has 4 nitrogen and oxygen atoms in total. The Balaban J connectivity index is 0.00000240. The summed E-state index contributed by atoms with van der Waals surface area (Å²) in [6, 6.07) is 16.4. The highest BCUT2D eigenvalue weighted by Gasteiger charge is 2.47. The Bertz CT molecular complexity index is 833. The number of ether oxygens (including phenoxy) is 2. The fourth-order valence-corrected chi connectivity index (χ4v) is 4.77. The first kappa shape index (κ1) is 21.8. The first-order chi connectivity index (χ1) is 13.6. The van der Waals surface area contributed by atoms with E-state index in [0.29, 0.717) is 12.3 Å². The van der Waals surface area contributed by atoms with Crippen molar-refractivity contribution in [3.63, 3.8) is 0 Å². The fourth-order valence-electron chi connectivity index (χ4n) is 4.77. The van der Waals surface area contributed by atoms with E-state index in [-0.39, 0.29) is 18.2 Å². The number of Topliss-reactive ketones (excluding diaryl/α,β-unsaturated/α-hetero) is 1. The topological polar surface area (TPSA) is 38.8 Å². The van der Waals surface area contributed by atoms with Crippen molar-refractivity contribution in [3.05, 3.63) is 65.2 Å². The Labute approximate surface area is 179 Å². The van der Waals surface area contributed by atoms with Gasteiger partial charge < -0.3 is 9.47 Å². The lowest BCUT2D eigenvalue weighted by Crippen LogP contribution is -2.43. The van der Waals surface area contributed by atoms with Crippen LogP contribution in [-0.4, -0.2) is 43.6 Å². The van der Waals surface area contributed by atoms with Crippen LogP contribution in [-0.2, 0) is 17.7 Å². The van der Waals surface area contributed by atoms with Crippen molar-refractivity contribution in [1.29, 1.82) is 0 Å². The third kappa shape index (κ3) is 4.50. The summed E-state index contributed by atoms with van der Waals surface area (Å²) >= 11 is 0. The summed E-state index contributed by atoms with van der Waals surface area (Å²) < 4.78 is 11.2. The maximum absolute atomic E-state index is 13.2. The molecule has 0 radical (unpaired) electrons. The molecule has 0 N–H and O–H groups in total. The van der Waals surface area contributed by atoms with Crippen LogP contribution in [0.4, 0.5) is 0 Å². The molecule has 2 aromatic carbocycles. The molecule has 29 heavy (non-hydrogen) atoms. The molecule has 1 heterocycles. The summed E-state index contributed by atoms with van der Waals surface area (Å²) in [5.41, 5.74) is 2.50. The van der Waals surface area contributed by atoms with Gasteiger partial charge in [-0.1, -0.05) is 30.3 Å². The minimum Gasteiger partial charge on any atom is -0.497 e. The third-order valence-electron chi connectivity index (χ3n) is 6.41. The second kappa shape index (κ2) is 9.29. The minimum absolute atomic E-state index is 0. The van der Waals surface area contributed by atoms with Gasteiger partial charge in [-0.3, -0.25) is 9.69 Å². The number of piperidine rings is 1. The molecule has 156 valence electrons. The smallest absolute Gasteiger partial charge is 0.195 e. The van der Waals surface area contributed by atoms with Gasteiger partial charge in [0, 0.05) is 25.6 Å². The summed E-state index contributed by atoms with van der Waals surface area (Å²) in [6.07, 6.45) is 3.69. The van der Waals surface area contributed by atoms with E-state index in [4.69, 9.17) is 9.47 Å². The van der Waals surface area contributed by atoms with Crippen molar-refractivity contribution < 1.29 is 14.3 Å². The first-order valence-electron chi connectivity index (χ1n) is 10.2. The molecule has 0 saturated carbocycles. The Hall–Kier alpha value is -1.88. The van der Waals surface area contributed by atoms with Crippen molar-refractivity contribution in [2.75, 3.05) is 27.3 Å². The van der Waals surface area contributed by atoms with Crippen LogP contribution in [0.15, 0.2) is 48.5 Å². The molecular formula is C24H30ClNO3. The molecule has 1 unspecified atom stereocenters. The zero-order valence-corrected chi connectivity index (χ0v) is 18.0. The number of carbonyl (C=O) groups is 1. The van der Waals surface area contributed by atoms with Gasteiger partial charge in [0.05, 0.1) is 7.11 Å². The number of likely N-dealkylation sites (tertiary alicyclic amines) is 1. The molecule has 0 spiro atoms. The number of ketones is 1. The summed E-state index contributed by atoms with van der Waals surface area (Å²) in [5, 5.41) is 0. The predicted octanol–water partition coefficient (Wildman–Crippen LogP) is 4.54. The van der Waals surface area contributed by atoms with Crippen LogP contribution in [0.1, 0.15) is 40.7 Å². The standard InChI is InChI=1S/C24H29NO3.ClH/c1-27-21-8-9-22-20(14-21)16-24(28-2,23(22)26)15-18-10-12-25(13-11-18)17-19-6-4-3-5-7-19;/h3-9,14,18H,10-13,15-17H2,1-2H3;1H. The number of rotatable bonds is 6. The number of benzene rings is 2. The quantitative estimate of drug-likeness (QED) is 0.694. The van der Waals surface area contributed by atoms with Crippen LogP contribution in [0.25, 0.3) is 0 Å². The van der Waals surface area contributed by atoms with E-state index in [1.807, 2.05) is 18.2 Å². The maximum Gasteiger partial charge on any atom is 0.195 e. The van der Waals surface area contributed by atoms with Crippen molar-refractivity contribution in [2.45, 2.75) is 37.8 Å². The Morgan fingerprint density at radius 2 is 1.79 bits per heavy atom. The average molecular weight is 416 g/mol. The maximum atomic E-state index is 13.2. The number of halogens is 1. The Kier molecular flexibility index (Phi) is 6.99. The zero-order chi connectivity index (χ0) is 19.6. The van der Waals surface area contributed by atoms with E-state index in [1.165, 1.54) is 5.56 Å². The average Bonchev–Trinajstić information content (AvgIpc) is 3.01. The van der Waals surface area contributed by atoms with Crippen molar-refractivity contribution in [1.82, 2.24) is 4.90 Å².